The first-order valence-electron chi connectivity index (χ1n) is 9.54. The van der Waals surface area contributed by atoms with E-state index in [0.29, 0.717) is 12.6 Å². The summed E-state index contributed by atoms with van der Waals surface area (Å²) in [7, 11) is 5.09. The highest BCUT2D eigenvalue weighted by Crippen LogP contribution is 2.24. The van der Waals surface area contributed by atoms with Crippen molar-refractivity contribution in [2.75, 3.05) is 34.4 Å². The van der Waals surface area contributed by atoms with Crippen LogP contribution in [0, 0.1) is 0 Å². The Hall–Kier alpha value is -1.95. The van der Waals surface area contributed by atoms with Crippen molar-refractivity contribution in [1.82, 2.24) is 10.6 Å². The van der Waals surface area contributed by atoms with Gasteiger partial charge in [0, 0.05) is 38.4 Å². The largest absolute Gasteiger partial charge is 0.497 e. The van der Waals surface area contributed by atoms with Crippen molar-refractivity contribution < 1.29 is 14.2 Å². The van der Waals surface area contributed by atoms with Gasteiger partial charge in [0.15, 0.2) is 5.96 Å². The predicted molar refractivity (Wildman–Crippen MR) is 105 cm³/mol. The minimum Gasteiger partial charge on any atom is -0.497 e. The third-order valence-electron chi connectivity index (χ3n) is 4.68. The first-order valence-corrected chi connectivity index (χ1v) is 9.54. The smallest absolute Gasteiger partial charge is 0.191 e. The van der Waals surface area contributed by atoms with Crippen LogP contribution in [0.2, 0.25) is 0 Å². The molecule has 0 bridgehead atoms. The molecular formula is C20H33N3O3. The second-order valence-electron chi connectivity index (χ2n) is 6.51. The van der Waals surface area contributed by atoms with Crippen LogP contribution in [0.15, 0.2) is 23.2 Å². The monoisotopic (exact) mass is 363 g/mol. The number of rotatable bonds is 9. The van der Waals surface area contributed by atoms with Gasteiger partial charge in [-0.3, -0.25) is 4.99 Å². The molecule has 1 fully saturated rings. The molecule has 26 heavy (non-hydrogen) atoms. The van der Waals surface area contributed by atoms with Crippen LogP contribution >= 0.6 is 0 Å². The van der Waals surface area contributed by atoms with Gasteiger partial charge in [-0.05, 0) is 31.4 Å². The molecule has 0 aliphatic heterocycles. The topological polar surface area (TPSA) is 64.1 Å². The van der Waals surface area contributed by atoms with E-state index in [2.05, 4.69) is 15.6 Å². The molecule has 0 radical (unpaired) electrons. The fourth-order valence-electron chi connectivity index (χ4n) is 3.16. The Kier molecular flexibility index (Phi) is 9.10. The zero-order valence-corrected chi connectivity index (χ0v) is 16.3. The maximum Gasteiger partial charge on any atom is 0.191 e. The molecule has 1 aliphatic rings. The minimum absolute atomic E-state index is 0.476. The number of guanidine groups is 1. The number of hydrogen-bond acceptors (Lipinski definition) is 4. The van der Waals surface area contributed by atoms with E-state index in [9.17, 15) is 0 Å². The van der Waals surface area contributed by atoms with Crippen LogP contribution in [-0.2, 0) is 11.3 Å². The van der Waals surface area contributed by atoms with Gasteiger partial charge in [-0.1, -0.05) is 19.3 Å². The lowest BCUT2D eigenvalue weighted by atomic mass is 9.98. The summed E-state index contributed by atoms with van der Waals surface area (Å²) in [6.07, 6.45) is 7.89. The van der Waals surface area contributed by atoms with Crippen LogP contribution in [0.5, 0.6) is 11.5 Å². The molecular weight excluding hydrogens is 330 g/mol. The number of benzene rings is 1. The van der Waals surface area contributed by atoms with Gasteiger partial charge in [0.2, 0.25) is 0 Å². The van der Waals surface area contributed by atoms with Gasteiger partial charge < -0.3 is 24.8 Å². The molecule has 2 rings (SSSR count). The highest BCUT2D eigenvalue weighted by Gasteiger charge is 2.13. The standard InChI is InChI=1S/C20H33N3O3/c1-21-20(22-12-7-13-26-17-8-5-4-6-9-17)23-15-16-10-11-18(24-2)14-19(16)25-3/h10-11,14,17H,4-9,12-13,15H2,1-3H3,(H2,21,22,23). The summed E-state index contributed by atoms with van der Waals surface area (Å²) in [5.74, 6) is 2.36. The van der Waals surface area contributed by atoms with E-state index in [4.69, 9.17) is 14.2 Å². The van der Waals surface area contributed by atoms with E-state index in [1.807, 2.05) is 18.2 Å². The molecule has 0 spiro atoms. The number of ether oxygens (including phenoxy) is 3. The average molecular weight is 364 g/mol. The van der Waals surface area contributed by atoms with E-state index >= 15 is 0 Å². The molecule has 0 aromatic heterocycles. The lowest BCUT2D eigenvalue weighted by molar-refractivity contribution is 0.0277. The average Bonchev–Trinajstić information content (AvgIpc) is 2.70. The second-order valence-corrected chi connectivity index (χ2v) is 6.51. The summed E-state index contributed by atoms with van der Waals surface area (Å²) in [5, 5.41) is 6.65. The van der Waals surface area contributed by atoms with Crippen molar-refractivity contribution in [2.24, 2.45) is 4.99 Å². The van der Waals surface area contributed by atoms with Gasteiger partial charge in [0.25, 0.3) is 0 Å². The first kappa shape index (κ1) is 20.4. The first-order chi connectivity index (χ1) is 12.8. The zero-order valence-electron chi connectivity index (χ0n) is 16.3. The van der Waals surface area contributed by atoms with Crippen LogP contribution in [0.3, 0.4) is 0 Å². The Morgan fingerprint density at radius 3 is 2.62 bits per heavy atom. The Balaban J connectivity index is 1.67. The summed E-state index contributed by atoms with van der Waals surface area (Å²) in [4.78, 5) is 4.27. The van der Waals surface area contributed by atoms with Gasteiger partial charge in [-0.2, -0.15) is 0 Å². The van der Waals surface area contributed by atoms with E-state index < -0.39 is 0 Å². The van der Waals surface area contributed by atoms with E-state index in [-0.39, 0.29) is 0 Å². The Morgan fingerprint density at radius 2 is 1.92 bits per heavy atom. The van der Waals surface area contributed by atoms with Crippen molar-refractivity contribution in [3.8, 4) is 11.5 Å². The molecule has 0 unspecified atom stereocenters. The van der Waals surface area contributed by atoms with Gasteiger partial charge in [-0.25, -0.2) is 0 Å². The molecule has 1 aromatic rings. The molecule has 0 saturated heterocycles. The third-order valence-corrected chi connectivity index (χ3v) is 4.68. The van der Waals surface area contributed by atoms with Crippen LogP contribution in [0.4, 0.5) is 0 Å². The summed E-state index contributed by atoms with van der Waals surface area (Å²) in [5.41, 5.74) is 1.05. The van der Waals surface area contributed by atoms with Crippen LogP contribution in [-0.4, -0.2) is 46.5 Å². The molecule has 146 valence electrons. The third kappa shape index (κ3) is 6.75. The lowest BCUT2D eigenvalue weighted by Gasteiger charge is -2.22. The fourth-order valence-corrected chi connectivity index (χ4v) is 3.16. The zero-order chi connectivity index (χ0) is 18.6. The molecule has 1 aromatic carbocycles. The SMILES string of the molecule is CN=C(NCCCOC1CCCCC1)NCc1ccc(OC)cc1OC. The number of hydrogen-bond donors (Lipinski definition) is 2. The maximum absolute atomic E-state index is 5.95. The van der Waals surface area contributed by atoms with Gasteiger partial charge >= 0.3 is 0 Å². The van der Waals surface area contributed by atoms with Crippen molar-refractivity contribution >= 4 is 5.96 Å². The summed E-state index contributed by atoms with van der Waals surface area (Å²) in [6, 6.07) is 5.81. The summed E-state index contributed by atoms with van der Waals surface area (Å²) < 4.78 is 16.6. The number of nitrogens with one attached hydrogen (secondary N) is 2. The number of nitrogens with zero attached hydrogens (tertiary/aromatic N) is 1. The van der Waals surface area contributed by atoms with Crippen molar-refractivity contribution in [2.45, 2.75) is 51.2 Å². The molecule has 2 N–H and O–H groups in total. The molecule has 1 aliphatic carbocycles. The van der Waals surface area contributed by atoms with Crippen LogP contribution < -0.4 is 20.1 Å². The molecule has 6 heteroatoms. The van der Waals surface area contributed by atoms with E-state index in [1.54, 1.807) is 21.3 Å². The van der Waals surface area contributed by atoms with Crippen molar-refractivity contribution in [3.05, 3.63) is 23.8 Å². The van der Waals surface area contributed by atoms with Crippen molar-refractivity contribution in [3.63, 3.8) is 0 Å². The van der Waals surface area contributed by atoms with Gasteiger partial charge in [0.1, 0.15) is 11.5 Å². The predicted octanol–water partition coefficient (Wildman–Crippen LogP) is 3.11. The normalized spacial score (nSPS) is 15.6. The Labute approximate surface area is 157 Å². The fraction of sp³-hybridized carbons (Fsp3) is 0.650. The summed E-state index contributed by atoms with van der Waals surface area (Å²) in [6.45, 7) is 2.28. The molecule has 0 heterocycles. The quantitative estimate of drug-likeness (QED) is 0.401. The highest BCUT2D eigenvalue weighted by molar-refractivity contribution is 5.79. The molecule has 1 saturated carbocycles. The minimum atomic E-state index is 0.476. The van der Waals surface area contributed by atoms with Crippen LogP contribution in [0.1, 0.15) is 44.1 Å². The number of methoxy groups -OCH3 is 2. The van der Waals surface area contributed by atoms with E-state index in [1.165, 1.54) is 32.1 Å². The highest BCUT2D eigenvalue weighted by atomic mass is 16.5. The van der Waals surface area contributed by atoms with Gasteiger partial charge in [-0.15, -0.1) is 0 Å². The lowest BCUT2D eigenvalue weighted by Crippen LogP contribution is -2.37. The molecule has 6 nitrogen and oxygen atoms in total. The number of aliphatic imine (C=N–C) groups is 1. The second kappa shape index (κ2) is 11.6. The van der Waals surface area contributed by atoms with Crippen molar-refractivity contribution in [1.29, 1.82) is 0 Å². The summed E-state index contributed by atoms with van der Waals surface area (Å²) >= 11 is 0. The molecule has 0 atom stereocenters. The van der Waals surface area contributed by atoms with E-state index in [0.717, 1.165) is 42.6 Å². The van der Waals surface area contributed by atoms with Crippen LogP contribution in [0.25, 0.3) is 0 Å². The Morgan fingerprint density at radius 1 is 1.12 bits per heavy atom. The molecule has 0 amide bonds. The maximum atomic E-state index is 5.95. The van der Waals surface area contributed by atoms with Gasteiger partial charge in [0.05, 0.1) is 20.3 Å². The Bertz CT molecular complexity index is 557.